The number of rotatable bonds is 10. The first-order chi connectivity index (χ1) is 14.1. The molecule has 0 radical (unpaired) electrons. The van der Waals surface area contributed by atoms with Gasteiger partial charge < -0.3 is 16.2 Å². The number of pyridine rings is 1. The third-order valence-corrected chi connectivity index (χ3v) is 5.56. The van der Waals surface area contributed by atoms with Gasteiger partial charge in [-0.3, -0.25) is 4.79 Å². The summed E-state index contributed by atoms with van der Waals surface area (Å²) in [5.41, 5.74) is 10.4. The summed E-state index contributed by atoms with van der Waals surface area (Å²) in [5.74, 6) is 0.891. The molecule has 0 saturated carbocycles. The van der Waals surface area contributed by atoms with Gasteiger partial charge in [-0.05, 0) is 67.7 Å². The van der Waals surface area contributed by atoms with Crippen molar-refractivity contribution in [1.29, 1.82) is 0 Å². The number of aromatic nitrogens is 3. The maximum Gasteiger partial charge on any atom is 0.303 e. The predicted molar refractivity (Wildman–Crippen MR) is 113 cm³/mol. The molecular formula is C22H31N5O2. The normalized spacial score (nSPS) is 14.1. The molecule has 0 unspecified atom stereocenters. The van der Waals surface area contributed by atoms with Crippen LogP contribution in [0, 0.1) is 6.92 Å². The summed E-state index contributed by atoms with van der Waals surface area (Å²) >= 11 is 0. The van der Waals surface area contributed by atoms with Crippen molar-refractivity contribution in [3.63, 3.8) is 0 Å². The average molecular weight is 398 g/mol. The van der Waals surface area contributed by atoms with Gasteiger partial charge in [-0.2, -0.15) is 0 Å². The van der Waals surface area contributed by atoms with Crippen LogP contribution in [0.3, 0.4) is 0 Å². The van der Waals surface area contributed by atoms with Crippen LogP contribution >= 0.6 is 0 Å². The number of anilines is 1. The van der Waals surface area contributed by atoms with Crippen molar-refractivity contribution >= 4 is 11.8 Å². The first kappa shape index (κ1) is 21.2. The molecule has 0 bridgehead atoms. The fourth-order valence-electron chi connectivity index (χ4n) is 3.93. The molecule has 0 saturated heterocycles. The zero-order chi connectivity index (χ0) is 20.6. The van der Waals surface area contributed by atoms with Gasteiger partial charge in [-0.25, -0.2) is 15.0 Å². The van der Waals surface area contributed by atoms with Crippen molar-refractivity contribution in [3.8, 4) is 0 Å². The molecule has 3 rings (SSSR count). The van der Waals surface area contributed by atoms with Crippen LogP contribution < -0.4 is 11.1 Å². The smallest absolute Gasteiger partial charge is 0.303 e. The zero-order valence-corrected chi connectivity index (χ0v) is 17.2. The highest BCUT2D eigenvalue weighted by Crippen LogP contribution is 2.27. The number of unbranched alkanes of at least 4 members (excludes halogenated alkanes) is 2. The second-order valence-electron chi connectivity index (χ2n) is 7.79. The van der Waals surface area contributed by atoms with E-state index in [-0.39, 0.29) is 12.3 Å². The molecule has 0 amide bonds. The lowest BCUT2D eigenvalue weighted by molar-refractivity contribution is -0.137. The summed E-state index contributed by atoms with van der Waals surface area (Å²) < 4.78 is 0. The fourth-order valence-corrected chi connectivity index (χ4v) is 3.93. The number of hydrogen-bond acceptors (Lipinski definition) is 6. The van der Waals surface area contributed by atoms with Gasteiger partial charge in [0.25, 0.3) is 0 Å². The lowest BCUT2D eigenvalue weighted by Crippen LogP contribution is -2.16. The number of carboxylic acid groups (broad SMARTS) is 1. The minimum Gasteiger partial charge on any atom is -0.481 e. The number of carbonyl (C=O) groups is 1. The third kappa shape index (κ3) is 5.97. The molecule has 0 aliphatic carbocycles. The molecule has 1 atom stereocenters. The molecule has 0 fully saturated rings. The summed E-state index contributed by atoms with van der Waals surface area (Å²) in [6.45, 7) is 3.33. The van der Waals surface area contributed by atoms with Crippen molar-refractivity contribution in [1.82, 2.24) is 15.0 Å². The molecule has 1 aliphatic rings. The number of nitrogens with two attached hydrogens (primary N) is 1. The molecule has 2 aromatic heterocycles. The Morgan fingerprint density at radius 2 is 2.07 bits per heavy atom. The van der Waals surface area contributed by atoms with Crippen LogP contribution in [0.25, 0.3) is 0 Å². The van der Waals surface area contributed by atoms with Gasteiger partial charge in [0.05, 0.1) is 6.42 Å². The molecule has 1 aliphatic heterocycles. The Morgan fingerprint density at radius 3 is 2.79 bits per heavy atom. The van der Waals surface area contributed by atoms with Gasteiger partial charge in [0.15, 0.2) is 0 Å². The summed E-state index contributed by atoms with van der Waals surface area (Å²) in [7, 11) is 0. The van der Waals surface area contributed by atoms with Crippen molar-refractivity contribution in [2.24, 2.45) is 5.73 Å². The van der Waals surface area contributed by atoms with Gasteiger partial charge in [0.1, 0.15) is 11.6 Å². The predicted octanol–water partition coefficient (Wildman–Crippen LogP) is 3.36. The van der Waals surface area contributed by atoms with Crippen LogP contribution in [-0.2, 0) is 24.2 Å². The monoisotopic (exact) mass is 397 g/mol. The van der Waals surface area contributed by atoms with E-state index in [1.807, 2.05) is 6.92 Å². The molecule has 29 heavy (non-hydrogen) atoms. The maximum atomic E-state index is 11.2. The summed E-state index contributed by atoms with van der Waals surface area (Å²) in [4.78, 5) is 24.5. The molecule has 7 heteroatoms. The minimum absolute atomic E-state index is 0.0428. The van der Waals surface area contributed by atoms with Gasteiger partial charge in [0, 0.05) is 31.2 Å². The maximum absolute atomic E-state index is 11.2. The van der Waals surface area contributed by atoms with E-state index in [1.165, 1.54) is 5.56 Å². The van der Waals surface area contributed by atoms with E-state index in [0.29, 0.717) is 12.4 Å². The number of nitrogens with one attached hydrogen (secondary N) is 1. The first-order valence-electron chi connectivity index (χ1n) is 10.5. The highest BCUT2D eigenvalue weighted by molar-refractivity contribution is 5.68. The van der Waals surface area contributed by atoms with Crippen LogP contribution in [0.5, 0.6) is 0 Å². The molecule has 4 N–H and O–H groups in total. The Hall–Kier alpha value is -2.54. The zero-order valence-electron chi connectivity index (χ0n) is 17.2. The Bertz CT molecular complexity index is 823. The van der Waals surface area contributed by atoms with E-state index >= 15 is 0 Å². The number of aliphatic carboxylic acids is 1. The number of nitrogens with zero attached hydrogens (tertiary/aromatic N) is 3. The fraction of sp³-hybridized carbons (Fsp3) is 0.545. The Kier molecular flexibility index (Phi) is 7.52. The Balaban J connectivity index is 1.52. The Morgan fingerprint density at radius 1 is 1.28 bits per heavy atom. The molecule has 156 valence electrons. The molecule has 7 nitrogen and oxygen atoms in total. The van der Waals surface area contributed by atoms with Crippen LogP contribution in [0.4, 0.5) is 5.82 Å². The molecule has 3 heterocycles. The van der Waals surface area contributed by atoms with Gasteiger partial charge in [-0.15, -0.1) is 0 Å². The second kappa shape index (κ2) is 10.3. The van der Waals surface area contributed by atoms with Gasteiger partial charge in [-0.1, -0.05) is 12.8 Å². The summed E-state index contributed by atoms with van der Waals surface area (Å²) in [6.07, 6.45) is 10.6. The van der Waals surface area contributed by atoms with Gasteiger partial charge >= 0.3 is 5.97 Å². The second-order valence-corrected chi connectivity index (χ2v) is 7.79. The highest BCUT2D eigenvalue weighted by Gasteiger charge is 2.17. The molecule has 0 aromatic carbocycles. The van der Waals surface area contributed by atoms with Gasteiger partial charge in [0.2, 0.25) is 0 Å². The lowest BCUT2D eigenvalue weighted by Gasteiger charge is -2.20. The number of hydrogen-bond donors (Lipinski definition) is 3. The molecule has 0 spiro atoms. The minimum atomic E-state index is -0.783. The van der Waals surface area contributed by atoms with E-state index in [1.54, 1.807) is 12.4 Å². The molecular weight excluding hydrogens is 366 g/mol. The van der Waals surface area contributed by atoms with Crippen molar-refractivity contribution < 1.29 is 9.90 Å². The lowest BCUT2D eigenvalue weighted by atomic mass is 9.91. The quantitative estimate of drug-likeness (QED) is 0.527. The van der Waals surface area contributed by atoms with E-state index < -0.39 is 5.97 Å². The summed E-state index contributed by atoms with van der Waals surface area (Å²) in [5, 5.41) is 12.6. The number of aryl methyl sites for hydroxylation is 3. The standard InChI is InChI=1S/C22H31N5O2/c1-15-25-13-19(14-26-15)16(11-21(28)29)6-3-2-4-8-20-18(12-23)10-17-7-5-9-24-22(17)27-20/h10,13-14,16H,2-9,11-12,23H2,1H3,(H,24,27)(H,28,29)/t16-/m0/s1. The Labute approximate surface area is 172 Å². The molecule has 2 aromatic rings. The third-order valence-electron chi connectivity index (χ3n) is 5.56. The van der Waals surface area contributed by atoms with Crippen molar-refractivity contribution in [2.45, 2.75) is 70.8 Å². The SMILES string of the molecule is Cc1ncc([C@@H](CCCCCc2nc3c(cc2CN)CCCN3)CC(=O)O)cn1. The van der Waals surface area contributed by atoms with E-state index in [0.717, 1.165) is 74.1 Å². The van der Waals surface area contributed by atoms with Crippen LogP contribution in [0.1, 0.15) is 72.7 Å². The van der Waals surface area contributed by atoms with Crippen molar-refractivity contribution in [3.05, 3.63) is 46.7 Å². The van der Waals surface area contributed by atoms with Crippen LogP contribution in [-0.4, -0.2) is 32.6 Å². The topological polar surface area (TPSA) is 114 Å². The number of fused-ring (bicyclic) bond motifs is 1. The first-order valence-corrected chi connectivity index (χ1v) is 10.5. The number of carboxylic acids is 1. The average Bonchev–Trinajstić information content (AvgIpc) is 2.72. The largest absolute Gasteiger partial charge is 0.481 e. The van der Waals surface area contributed by atoms with Crippen LogP contribution in [0.2, 0.25) is 0 Å². The van der Waals surface area contributed by atoms with E-state index in [9.17, 15) is 9.90 Å². The highest BCUT2D eigenvalue weighted by atomic mass is 16.4. The van der Waals surface area contributed by atoms with E-state index in [2.05, 4.69) is 21.4 Å². The van der Waals surface area contributed by atoms with Crippen LogP contribution in [0.15, 0.2) is 18.5 Å². The van der Waals surface area contributed by atoms with E-state index in [4.69, 9.17) is 10.7 Å². The van der Waals surface area contributed by atoms with Crippen molar-refractivity contribution in [2.75, 3.05) is 11.9 Å². The summed E-state index contributed by atoms with van der Waals surface area (Å²) in [6, 6.07) is 2.21.